The fourth-order valence-electron chi connectivity index (χ4n) is 3.45. The van der Waals surface area contributed by atoms with Gasteiger partial charge in [0.15, 0.2) is 11.6 Å². The first-order valence-electron chi connectivity index (χ1n) is 10.2. The number of aliphatic hydroxyl groups is 1. The average molecular weight is 488 g/mol. The van der Waals surface area contributed by atoms with E-state index >= 15 is 0 Å². The Bertz CT molecular complexity index is 1270. The Balaban J connectivity index is 1.67. The number of nitrogens with zero attached hydrogens (tertiary/aromatic N) is 2. The Hall–Kier alpha value is -3.14. The zero-order valence-corrected chi connectivity index (χ0v) is 19.3. The average Bonchev–Trinajstić information content (AvgIpc) is 2.83. The van der Waals surface area contributed by atoms with Crippen molar-refractivity contribution >= 4 is 39.2 Å². The van der Waals surface area contributed by atoms with Crippen molar-refractivity contribution < 1.29 is 23.1 Å². The Morgan fingerprint density at radius 2 is 1.97 bits per heavy atom. The van der Waals surface area contributed by atoms with Gasteiger partial charge >= 0.3 is 0 Å². The number of anilines is 2. The van der Waals surface area contributed by atoms with Crippen molar-refractivity contribution in [3.05, 3.63) is 77.3 Å². The number of halogens is 1. The number of aliphatic hydroxyl groups excluding tert-OH is 1. The van der Waals surface area contributed by atoms with Crippen LogP contribution in [-0.4, -0.2) is 43.7 Å². The summed E-state index contributed by atoms with van der Waals surface area (Å²) >= 11 is 6.00. The van der Waals surface area contributed by atoms with Crippen LogP contribution in [0.25, 0.3) is 0 Å². The highest BCUT2D eigenvalue weighted by atomic mass is 35.5. The number of amides is 1. The van der Waals surface area contributed by atoms with E-state index in [4.69, 9.17) is 16.3 Å². The van der Waals surface area contributed by atoms with Gasteiger partial charge in [0.2, 0.25) is 5.91 Å². The fraction of sp³-hybridized carbons (Fsp3) is 0.217. The van der Waals surface area contributed by atoms with Gasteiger partial charge in [-0.1, -0.05) is 48.0 Å². The number of carbonyl (C=O) groups excluding carboxylic acids is 1. The van der Waals surface area contributed by atoms with Gasteiger partial charge in [0.05, 0.1) is 24.0 Å². The highest BCUT2D eigenvalue weighted by Gasteiger charge is 2.36. The quantitative estimate of drug-likeness (QED) is 0.551. The lowest BCUT2D eigenvalue weighted by Crippen LogP contribution is -2.45. The molecule has 3 aromatic rings. The van der Waals surface area contributed by atoms with Crippen molar-refractivity contribution in [2.45, 2.75) is 23.8 Å². The highest BCUT2D eigenvalue weighted by molar-refractivity contribution is 7.92. The zero-order valence-electron chi connectivity index (χ0n) is 17.7. The van der Waals surface area contributed by atoms with Crippen LogP contribution in [0.3, 0.4) is 0 Å². The summed E-state index contributed by atoms with van der Waals surface area (Å²) in [5.74, 6) is -0.350. The number of fused-ring (bicyclic) bond motifs is 1. The molecular formula is C23H22ClN3O5S. The molecule has 2 heterocycles. The van der Waals surface area contributed by atoms with Gasteiger partial charge in [-0.25, -0.2) is 17.7 Å². The van der Waals surface area contributed by atoms with Gasteiger partial charge in [0, 0.05) is 5.02 Å². The van der Waals surface area contributed by atoms with Crippen LogP contribution in [-0.2, 0) is 14.8 Å². The fourth-order valence-corrected chi connectivity index (χ4v) is 5.21. The van der Waals surface area contributed by atoms with E-state index in [9.17, 15) is 18.3 Å². The highest BCUT2D eigenvalue weighted by Crippen LogP contribution is 2.37. The maximum atomic E-state index is 13.4. The second kappa shape index (κ2) is 9.38. The van der Waals surface area contributed by atoms with Gasteiger partial charge in [-0.2, -0.15) is 0 Å². The molecule has 2 N–H and O–H groups in total. The summed E-state index contributed by atoms with van der Waals surface area (Å²) in [6.45, 7) is 1.24. The molecule has 10 heteroatoms. The molecule has 2 atom stereocenters. The van der Waals surface area contributed by atoms with E-state index < -0.39 is 22.0 Å². The van der Waals surface area contributed by atoms with Crippen molar-refractivity contribution in [1.82, 2.24) is 4.98 Å². The van der Waals surface area contributed by atoms with Gasteiger partial charge in [0.1, 0.15) is 11.9 Å². The third kappa shape index (κ3) is 4.80. The molecule has 0 fully saturated rings. The molecule has 1 amide bonds. The molecule has 172 valence electrons. The van der Waals surface area contributed by atoms with E-state index in [-0.39, 0.29) is 46.4 Å². The number of aromatic nitrogens is 1. The summed E-state index contributed by atoms with van der Waals surface area (Å²) in [5.41, 5.74) is 0.840. The summed E-state index contributed by atoms with van der Waals surface area (Å²) in [4.78, 5) is 17.1. The molecular weight excluding hydrogens is 466 g/mol. The number of nitrogens with one attached hydrogen (secondary N) is 1. The van der Waals surface area contributed by atoms with Crippen LogP contribution in [0.1, 0.15) is 18.4 Å². The number of benzene rings is 2. The monoisotopic (exact) mass is 487 g/mol. The van der Waals surface area contributed by atoms with Gasteiger partial charge in [-0.05, 0) is 42.8 Å². The van der Waals surface area contributed by atoms with Crippen LogP contribution in [0.5, 0.6) is 5.75 Å². The first-order valence-corrected chi connectivity index (χ1v) is 12.0. The van der Waals surface area contributed by atoms with Gasteiger partial charge < -0.3 is 15.2 Å². The van der Waals surface area contributed by atoms with Crippen molar-refractivity contribution in [3.63, 3.8) is 0 Å². The molecule has 1 aromatic heterocycles. The molecule has 2 aromatic carbocycles. The Labute approximate surface area is 196 Å². The molecule has 0 unspecified atom stereocenters. The summed E-state index contributed by atoms with van der Waals surface area (Å²) in [6, 6.07) is 18.2. The van der Waals surface area contributed by atoms with Gasteiger partial charge in [-0.15, -0.1) is 0 Å². The molecule has 1 aliphatic heterocycles. The minimum Gasteiger partial charge on any atom is -0.482 e. The minimum absolute atomic E-state index is 0.0184. The van der Waals surface area contributed by atoms with Crippen LogP contribution in [0, 0.1) is 0 Å². The molecule has 8 nitrogen and oxygen atoms in total. The van der Waals surface area contributed by atoms with Crippen LogP contribution in [0.15, 0.2) is 71.6 Å². The summed E-state index contributed by atoms with van der Waals surface area (Å²) in [5, 5.41) is 12.6. The molecule has 0 bridgehead atoms. The van der Waals surface area contributed by atoms with E-state index in [1.807, 2.05) is 30.3 Å². The van der Waals surface area contributed by atoms with Crippen molar-refractivity contribution in [2.75, 3.05) is 22.8 Å². The standard InChI is InChI=1S/C23H22ClN3O5S/c1-15(16-6-3-2-4-7-16)23(29)26-21-11-10-20-22(25-21)27(13-18(14-28)32-20)33(30,31)19-9-5-8-17(24)12-19/h2-12,15,18,28H,13-14H2,1H3,(H,25,26,29)/t15-,18+/m0/s1. The van der Waals surface area contributed by atoms with Crippen LogP contribution in [0.4, 0.5) is 11.6 Å². The number of sulfonamides is 1. The van der Waals surface area contributed by atoms with Gasteiger partial charge in [0.25, 0.3) is 10.0 Å². The van der Waals surface area contributed by atoms with E-state index in [2.05, 4.69) is 10.3 Å². The van der Waals surface area contributed by atoms with E-state index in [1.165, 1.54) is 30.3 Å². The summed E-state index contributed by atoms with van der Waals surface area (Å²) < 4.78 is 33.5. The molecule has 0 spiro atoms. The van der Waals surface area contributed by atoms with E-state index in [0.717, 1.165) is 9.87 Å². The third-order valence-electron chi connectivity index (χ3n) is 5.27. The normalized spacial score (nSPS) is 16.5. The first-order chi connectivity index (χ1) is 15.8. The maximum absolute atomic E-state index is 13.4. The smallest absolute Gasteiger partial charge is 0.265 e. The third-order valence-corrected chi connectivity index (χ3v) is 7.26. The van der Waals surface area contributed by atoms with Crippen molar-refractivity contribution in [1.29, 1.82) is 0 Å². The number of carbonyl (C=O) groups is 1. The predicted molar refractivity (Wildman–Crippen MR) is 125 cm³/mol. The van der Waals surface area contributed by atoms with E-state index in [1.54, 1.807) is 13.0 Å². The largest absolute Gasteiger partial charge is 0.482 e. The first kappa shape index (κ1) is 23.0. The molecule has 0 saturated heterocycles. The number of hydrogen-bond acceptors (Lipinski definition) is 6. The van der Waals surface area contributed by atoms with Crippen molar-refractivity contribution in [2.24, 2.45) is 0 Å². The van der Waals surface area contributed by atoms with Crippen LogP contribution in [0.2, 0.25) is 5.02 Å². The SMILES string of the molecule is C[C@H](C(=O)Nc1ccc2c(n1)N(S(=O)(=O)c1cccc(Cl)c1)C[C@H](CO)O2)c1ccccc1. The minimum atomic E-state index is -4.06. The molecule has 33 heavy (non-hydrogen) atoms. The number of rotatable bonds is 6. The zero-order chi connectivity index (χ0) is 23.6. The lowest BCUT2D eigenvalue weighted by atomic mass is 10.0. The summed E-state index contributed by atoms with van der Waals surface area (Å²) in [7, 11) is -4.06. The van der Waals surface area contributed by atoms with Crippen LogP contribution < -0.4 is 14.4 Å². The predicted octanol–water partition coefficient (Wildman–Crippen LogP) is 3.43. The lowest BCUT2D eigenvalue weighted by Gasteiger charge is -2.34. The molecule has 1 aliphatic rings. The molecule has 0 saturated carbocycles. The number of ether oxygens (including phenoxy) is 1. The Kier molecular flexibility index (Phi) is 6.55. The number of hydrogen-bond donors (Lipinski definition) is 2. The Morgan fingerprint density at radius 1 is 1.21 bits per heavy atom. The second-order valence-electron chi connectivity index (χ2n) is 7.56. The second-order valence-corrected chi connectivity index (χ2v) is 9.85. The van der Waals surface area contributed by atoms with Crippen molar-refractivity contribution in [3.8, 4) is 5.75 Å². The lowest BCUT2D eigenvalue weighted by molar-refractivity contribution is -0.117. The van der Waals surface area contributed by atoms with E-state index in [0.29, 0.717) is 0 Å². The molecule has 4 rings (SSSR count). The maximum Gasteiger partial charge on any atom is 0.265 e. The molecule has 0 aliphatic carbocycles. The topological polar surface area (TPSA) is 109 Å². The summed E-state index contributed by atoms with van der Waals surface area (Å²) in [6.07, 6.45) is -0.771. The number of pyridine rings is 1. The van der Waals surface area contributed by atoms with Gasteiger partial charge in [-0.3, -0.25) is 4.79 Å². The molecule has 0 radical (unpaired) electrons. The Morgan fingerprint density at radius 3 is 2.67 bits per heavy atom. The van der Waals surface area contributed by atoms with Crippen LogP contribution >= 0.6 is 11.6 Å².